The highest BCUT2D eigenvalue weighted by molar-refractivity contribution is 5.87. The minimum absolute atomic E-state index is 0.00979. The Bertz CT molecular complexity index is 623. The second-order valence-electron chi connectivity index (χ2n) is 4.19. The van der Waals surface area contributed by atoms with Crippen molar-refractivity contribution in [2.75, 3.05) is 7.11 Å². The van der Waals surface area contributed by atoms with Crippen LogP contribution in [0.15, 0.2) is 18.2 Å². The van der Waals surface area contributed by atoms with Gasteiger partial charge in [0.25, 0.3) is 0 Å². The third-order valence-corrected chi connectivity index (χ3v) is 2.85. The van der Waals surface area contributed by atoms with E-state index >= 15 is 0 Å². The highest BCUT2D eigenvalue weighted by Gasteiger charge is 2.15. The van der Waals surface area contributed by atoms with Gasteiger partial charge in [0.05, 0.1) is 12.8 Å². The summed E-state index contributed by atoms with van der Waals surface area (Å²) in [5.74, 6) is -0.670. The molecule has 100 valence electrons. The number of nitrogens with zero attached hydrogens (tertiary/aromatic N) is 2. The van der Waals surface area contributed by atoms with E-state index in [1.807, 2.05) is 0 Å². The highest BCUT2D eigenvalue weighted by Crippen LogP contribution is 2.35. The number of phenolic OH excluding ortho intramolecular Hbond substituents is 1. The molecule has 1 aromatic heterocycles. The fourth-order valence-corrected chi connectivity index (χ4v) is 2.01. The van der Waals surface area contributed by atoms with E-state index in [1.165, 1.54) is 23.9 Å². The SMILES string of the molecule is COc1c(C)cc(-c2cc(C(=O)O)nn2C)cc1O. The molecule has 6 nitrogen and oxygen atoms in total. The van der Waals surface area contributed by atoms with Crippen molar-refractivity contribution >= 4 is 5.97 Å². The van der Waals surface area contributed by atoms with E-state index in [9.17, 15) is 9.90 Å². The summed E-state index contributed by atoms with van der Waals surface area (Å²) in [5, 5.41) is 22.7. The minimum atomic E-state index is -1.09. The van der Waals surface area contributed by atoms with Gasteiger partial charge in [-0.15, -0.1) is 0 Å². The molecule has 0 spiro atoms. The van der Waals surface area contributed by atoms with Crippen molar-refractivity contribution in [2.24, 2.45) is 7.05 Å². The van der Waals surface area contributed by atoms with Crippen LogP contribution in [0.1, 0.15) is 16.1 Å². The summed E-state index contributed by atoms with van der Waals surface area (Å²) < 4.78 is 6.54. The summed E-state index contributed by atoms with van der Waals surface area (Å²) >= 11 is 0. The van der Waals surface area contributed by atoms with Gasteiger partial charge in [-0.3, -0.25) is 4.68 Å². The van der Waals surface area contributed by atoms with Crippen LogP contribution in [0.4, 0.5) is 0 Å². The third-order valence-electron chi connectivity index (χ3n) is 2.85. The van der Waals surface area contributed by atoms with Crippen LogP contribution < -0.4 is 4.74 Å². The van der Waals surface area contributed by atoms with Gasteiger partial charge in [-0.25, -0.2) is 4.79 Å². The average molecular weight is 262 g/mol. The zero-order valence-corrected chi connectivity index (χ0v) is 10.8. The maximum Gasteiger partial charge on any atom is 0.356 e. The number of phenols is 1. The number of aromatic hydroxyl groups is 1. The number of methoxy groups -OCH3 is 1. The van der Waals surface area contributed by atoms with Crippen molar-refractivity contribution in [3.63, 3.8) is 0 Å². The molecule has 2 rings (SSSR count). The Labute approximate surface area is 109 Å². The summed E-state index contributed by atoms with van der Waals surface area (Å²) in [6, 6.07) is 4.79. The molecule has 6 heteroatoms. The van der Waals surface area contributed by atoms with Crippen LogP contribution in [-0.4, -0.2) is 33.1 Å². The molecule has 0 amide bonds. The van der Waals surface area contributed by atoms with Crippen LogP contribution in [0.25, 0.3) is 11.3 Å². The van der Waals surface area contributed by atoms with Crippen molar-refractivity contribution in [1.82, 2.24) is 9.78 Å². The van der Waals surface area contributed by atoms with Crippen molar-refractivity contribution < 1.29 is 19.7 Å². The Kier molecular flexibility index (Phi) is 3.16. The predicted molar refractivity (Wildman–Crippen MR) is 68.6 cm³/mol. The van der Waals surface area contributed by atoms with Crippen molar-refractivity contribution in [3.8, 4) is 22.8 Å². The Hall–Kier alpha value is -2.50. The Balaban J connectivity index is 2.56. The number of hydrogen-bond donors (Lipinski definition) is 2. The molecule has 0 saturated heterocycles. The molecule has 0 saturated carbocycles. The number of rotatable bonds is 3. The molecular weight excluding hydrogens is 248 g/mol. The smallest absolute Gasteiger partial charge is 0.356 e. The number of carboxylic acids is 1. The summed E-state index contributed by atoms with van der Waals surface area (Å²) in [6.45, 7) is 1.80. The van der Waals surface area contributed by atoms with Crippen LogP contribution in [0.2, 0.25) is 0 Å². The largest absolute Gasteiger partial charge is 0.504 e. The van der Waals surface area contributed by atoms with Gasteiger partial charge in [0.1, 0.15) is 0 Å². The highest BCUT2D eigenvalue weighted by atomic mass is 16.5. The number of carbonyl (C=O) groups is 1. The van der Waals surface area contributed by atoms with Gasteiger partial charge >= 0.3 is 5.97 Å². The number of carboxylic acid groups (broad SMARTS) is 1. The molecule has 0 aliphatic rings. The Morgan fingerprint density at radius 3 is 2.53 bits per heavy atom. The number of benzene rings is 1. The first-order valence-electron chi connectivity index (χ1n) is 5.59. The second kappa shape index (κ2) is 4.64. The summed E-state index contributed by atoms with van der Waals surface area (Å²) in [6.07, 6.45) is 0. The summed E-state index contributed by atoms with van der Waals surface area (Å²) in [5.41, 5.74) is 2.01. The van der Waals surface area contributed by atoms with Crippen molar-refractivity contribution in [3.05, 3.63) is 29.5 Å². The molecule has 0 aliphatic heterocycles. The van der Waals surface area contributed by atoms with Gasteiger partial charge in [0.15, 0.2) is 17.2 Å². The van der Waals surface area contributed by atoms with Crippen LogP contribution >= 0.6 is 0 Å². The van der Waals surface area contributed by atoms with Gasteiger partial charge in [-0.2, -0.15) is 5.10 Å². The minimum Gasteiger partial charge on any atom is -0.504 e. The van der Waals surface area contributed by atoms with E-state index in [0.717, 1.165) is 5.56 Å². The van der Waals surface area contributed by atoms with E-state index in [1.54, 1.807) is 20.0 Å². The fraction of sp³-hybridized carbons (Fsp3) is 0.231. The third kappa shape index (κ3) is 2.24. The molecule has 2 aromatic rings. The summed E-state index contributed by atoms with van der Waals surface area (Å²) in [7, 11) is 3.13. The molecule has 0 atom stereocenters. The Morgan fingerprint density at radius 1 is 1.37 bits per heavy atom. The Morgan fingerprint density at radius 2 is 2.05 bits per heavy atom. The van der Waals surface area contributed by atoms with Gasteiger partial charge in [0, 0.05) is 12.6 Å². The molecule has 0 unspecified atom stereocenters. The first-order valence-corrected chi connectivity index (χ1v) is 5.59. The van der Waals surface area contributed by atoms with Crippen LogP contribution in [0, 0.1) is 6.92 Å². The zero-order chi connectivity index (χ0) is 14.2. The first-order chi connectivity index (χ1) is 8.93. The molecule has 0 radical (unpaired) electrons. The quantitative estimate of drug-likeness (QED) is 0.881. The van der Waals surface area contributed by atoms with Gasteiger partial charge in [-0.1, -0.05) is 0 Å². The monoisotopic (exact) mass is 262 g/mol. The maximum atomic E-state index is 10.9. The molecule has 0 aliphatic carbocycles. The molecule has 0 bridgehead atoms. The van der Waals surface area contributed by atoms with Crippen LogP contribution in [-0.2, 0) is 7.05 Å². The van der Waals surface area contributed by atoms with Gasteiger partial charge < -0.3 is 14.9 Å². The summed E-state index contributed by atoms with van der Waals surface area (Å²) in [4.78, 5) is 10.9. The lowest BCUT2D eigenvalue weighted by molar-refractivity contribution is 0.0689. The molecule has 1 heterocycles. The maximum absolute atomic E-state index is 10.9. The molecule has 0 fully saturated rings. The molecule has 19 heavy (non-hydrogen) atoms. The molecule has 2 N–H and O–H groups in total. The number of hydrogen-bond acceptors (Lipinski definition) is 4. The lowest BCUT2D eigenvalue weighted by atomic mass is 10.1. The van der Waals surface area contributed by atoms with E-state index in [4.69, 9.17) is 9.84 Å². The second-order valence-corrected chi connectivity index (χ2v) is 4.19. The van der Waals surface area contributed by atoms with E-state index in [0.29, 0.717) is 17.0 Å². The standard InChI is InChI=1S/C13H14N2O4/c1-7-4-8(5-11(16)12(7)19-3)10-6-9(13(17)18)14-15(10)2/h4-6,16H,1-3H3,(H,17,18). The van der Waals surface area contributed by atoms with Gasteiger partial charge in [0.2, 0.25) is 0 Å². The fourth-order valence-electron chi connectivity index (χ4n) is 2.01. The number of ether oxygens (including phenoxy) is 1. The average Bonchev–Trinajstić information content (AvgIpc) is 2.71. The predicted octanol–water partition coefficient (Wildman–Crippen LogP) is 1.81. The van der Waals surface area contributed by atoms with E-state index < -0.39 is 5.97 Å². The van der Waals surface area contributed by atoms with E-state index in [-0.39, 0.29) is 11.4 Å². The zero-order valence-electron chi connectivity index (χ0n) is 10.8. The van der Waals surface area contributed by atoms with Gasteiger partial charge in [-0.05, 0) is 30.7 Å². The normalized spacial score (nSPS) is 10.5. The lowest BCUT2D eigenvalue weighted by Crippen LogP contribution is -1.99. The lowest BCUT2D eigenvalue weighted by Gasteiger charge is -2.10. The molecule has 1 aromatic carbocycles. The molecular formula is C13H14N2O4. The number of aryl methyl sites for hydroxylation is 2. The first kappa shape index (κ1) is 12.9. The van der Waals surface area contributed by atoms with Crippen molar-refractivity contribution in [2.45, 2.75) is 6.92 Å². The topological polar surface area (TPSA) is 84.6 Å². The van der Waals surface area contributed by atoms with Crippen LogP contribution in [0.3, 0.4) is 0 Å². The van der Waals surface area contributed by atoms with Crippen LogP contribution in [0.5, 0.6) is 11.5 Å². The van der Waals surface area contributed by atoms with Crippen molar-refractivity contribution in [1.29, 1.82) is 0 Å². The van der Waals surface area contributed by atoms with E-state index in [2.05, 4.69) is 5.10 Å². The number of aromatic nitrogens is 2. The number of aromatic carboxylic acids is 1.